The number of nitrogens with zero attached hydrogens (tertiary/aromatic N) is 1. The normalized spacial score (nSPS) is 17.6. The van der Waals surface area contributed by atoms with Gasteiger partial charge in [0.05, 0.1) is 11.8 Å². The Bertz CT molecular complexity index is 1020. The van der Waals surface area contributed by atoms with Gasteiger partial charge in [-0.3, -0.25) is 9.59 Å². The average Bonchev–Trinajstić information content (AvgIpc) is 3.26. The first kappa shape index (κ1) is 18.4. The van der Waals surface area contributed by atoms with E-state index in [9.17, 15) is 9.59 Å². The van der Waals surface area contributed by atoms with Crippen molar-refractivity contribution in [3.8, 4) is 0 Å². The summed E-state index contributed by atoms with van der Waals surface area (Å²) in [5.41, 5.74) is 1.04. The number of hydrogen-bond donors (Lipinski definition) is 1. The Labute approximate surface area is 165 Å². The van der Waals surface area contributed by atoms with E-state index in [0.29, 0.717) is 24.6 Å². The Balaban J connectivity index is 1.51. The number of carbonyl (C=O) groups is 1. The molecular weight excluding hydrogens is 380 g/mol. The highest BCUT2D eigenvalue weighted by Gasteiger charge is 2.24. The molecule has 1 aliphatic carbocycles. The molecule has 0 saturated heterocycles. The quantitative estimate of drug-likeness (QED) is 0.642. The van der Waals surface area contributed by atoms with Gasteiger partial charge in [0.2, 0.25) is 0 Å². The van der Waals surface area contributed by atoms with Crippen LogP contribution in [-0.4, -0.2) is 15.9 Å². The summed E-state index contributed by atoms with van der Waals surface area (Å²) in [6.45, 7) is 4.00. The smallest absolute Gasteiger partial charge is 0.306 e. The number of carbonyl (C=O) groups excluding carboxylic acids is 1. The number of aromatic amines is 1. The largest absolute Gasteiger partial charge is 0.454 e. The van der Waals surface area contributed by atoms with Gasteiger partial charge in [-0.25, -0.2) is 4.98 Å². The maximum Gasteiger partial charge on any atom is 0.306 e. The summed E-state index contributed by atoms with van der Waals surface area (Å²) >= 11 is 3.24. The minimum Gasteiger partial charge on any atom is -0.454 e. The Morgan fingerprint density at radius 2 is 2.33 bits per heavy atom. The third-order valence-corrected chi connectivity index (χ3v) is 7.12. The van der Waals surface area contributed by atoms with E-state index < -0.39 is 6.10 Å². The summed E-state index contributed by atoms with van der Waals surface area (Å²) in [6, 6.07) is 3.98. The Morgan fingerprint density at radius 3 is 3.11 bits per heavy atom. The zero-order valence-corrected chi connectivity index (χ0v) is 17.0. The zero-order valence-electron chi connectivity index (χ0n) is 15.4. The van der Waals surface area contributed by atoms with E-state index >= 15 is 0 Å². The second-order valence-electron chi connectivity index (χ2n) is 7.19. The molecule has 0 fully saturated rings. The van der Waals surface area contributed by atoms with E-state index in [0.717, 1.165) is 39.9 Å². The monoisotopic (exact) mass is 402 g/mol. The number of nitrogens with one attached hydrogen (secondary N) is 1. The molecule has 3 aromatic rings. The fourth-order valence-corrected chi connectivity index (χ4v) is 5.65. The van der Waals surface area contributed by atoms with Crippen molar-refractivity contribution >= 4 is 38.9 Å². The van der Waals surface area contributed by atoms with Gasteiger partial charge >= 0.3 is 5.97 Å². The number of fused-ring (bicyclic) bond motifs is 3. The van der Waals surface area contributed by atoms with Crippen LogP contribution >= 0.6 is 22.7 Å². The minimum atomic E-state index is -0.573. The van der Waals surface area contributed by atoms with Crippen molar-refractivity contribution < 1.29 is 9.53 Å². The SMILES string of the molecule is C[C@@H]1CCc2c(sc3nc([C@@H](C)OC(=O)CCc4cccs4)[nH]c(=O)c23)C1. The molecule has 3 aromatic heterocycles. The van der Waals surface area contributed by atoms with Gasteiger partial charge in [0, 0.05) is 9.75 Å². The third-order valence-electron chi connectivity index (χ3n) is 5.03. The highest BCUT2D eigenvalue weighted by Crippen LogP contribution is 2.36. The lowest BCUT2D eigenvalue weighted by atomic mass is 9.89. The molecule has 0 spiro atoms. The molecule has 3 heterocycles. The number of ether oxygens (including phenoxy) is 1. The predicted octanol–water partition coefficient (Wildman–Crippen LogP) is 4.41. The van der Waals surface area contributed by atoms with Crippen molar-refractivity contribution in [3.05, 3.63) is 49.0 Å². The number of aromatic nitrogens is 2. The Kier molecular flexibility index (Phi) is 5.14. The van der Waals surface area contributed by atoms with Gasteiger partial charge in [0.15, 0.2) is 11.9 Å². The first-order valence-electron chi connectivity index (χ1n) is 9.27. The molecule has 1 N–H and O–H groups in total. The van der Waals surface area contributed by atoms with Crippen LogP contribution in [0.1, 0.15) is 53.9 Å². The first-order valence-corrected chi connectivity index (χ1v) is 11.0. The van der Waals surface area contributed by atoms with Gasteiger partial charge in [0.25, 0.3) is 5.56 Å². The van der Waals surface area contributed by atoms with Crippen LogP contribution in [0.4, 0.5) is 0 Å². The fourth-order valence-electron chi connectivity index (χ4n) is 3.55. The second kappa shape index (κ2) is 7.56. The molecule has 0 unspecified atom stereocenters. The van der Waals surface area contributed by atoms with E-state index in [4.69, 9.17) is 4.74 Å². The Morgan fingerprint density at radius 1 is 1.48 bits per heavy atom. The lowest BCUT2D eigenvalue weighted by molar-refractivity contribution is -0.148. The third kappa shape index (κ3) is 3.84. The van der Waals surface area contributed by atoms with Gasteiger partial charge in [-0.05, 0) is 55.5 Å². The fraction of sp³-hybridized carbons (Fsp3) is 0.450. The molecule has 0 aromatic carbocycles. The number of hydrogen-bond acceptors (Lipinski definition) is 6. The van der Waals surface area contributed by atoms with Gasteiger partial charge < -0.3 is 9.72 Å². The van der Waals surface area contributed by atoms with Crippen LogP contribution in [-0.2, 0) is 28.8 Å². The molecule has 5 nitrogen and oxygen atoms in total. The number of rotatable bonds is 5. The van der Waals surface area contributed by atoms with Crippen molar-refractivity contribution in [2.24, 2.45) is 5.92 Å². The van der Waals surface area contributed by atoms with Crippen LogP contribution in [0.5, 0.6) is 0 Å². The first-order chi connectivity index (χ1) is 13.0. The topological polar surface area (TPSA) is 72.0 Å². The van der Waals surface area contributed by atoms with E-state index in [-0.39, 0.29) is 11.5 Å². The maximum absolute atomic E-state index is 12.7. The molecule has 142 valence electrons. The van der Waals surface area contributed by atoms with Crippen LogP contribution in [0.25, 0.3) is 10.2 Å². The van der Waals surface area contributed by atoms with Crippen LogP contribution < -0.4 is 5.56 Å². The van der Waals surface area contributed by atoms with Gasteiger partial charge in [0.1, 0.15) is 4.83 Å². The molecular formula is C20H22N2O3S2. The molecule has 4 rings (SSSR count). The Hall–Kier alpha value is -1.99. The average molecular weight is 403 g/mol. The van der Waals surface area contributed by atoms with E-state index in [1.807, 2.05) is 17.5 Å². The van der Waals surface area contributed by atoms with Crippen LogP contribution in [0.2, 0.25) is 0 Å². The van der Waals surface area contributed by atoms with Crippen LogP contribution in [0.3, 0.4) is 0 Å². The molecule has 0 amide bonds. The molecule has 0 radical (unpaired) electrons. The van der Waals surface area contributed by atoms with Crippen LogP contribution in [0, 0.1) is 5.92 Å². The molecule has 27 heavy (non-hydrogen) atoms. The van der Waals surface area contributed by atoms with Gasteiger partial charge in [-0.15, -0.1) is 22.7 Å². The molecule has 0 bridgehead atoms. The lowest BCUT2D eigenvalue weighted by Crippen LogP contribution is -2.18. The van der Waals surface area contributed by atoms with Gasteiger partial charge in [-0.2, -0.15) is 0 Å². The van der Waals surface area contributed by atoms with Crippen molar-refractivity contribution in [1.29, 1.82) is 0 Å². The van der Waals surface area contributed by atoms with E-state index in [1.165, 1.54) is 4.88 Å². The lowest BCUT2D eigenvalue weighted by Gasteiger charge is -2.17. The van der Waals surface area contributed by atoms with E-state index in [2.05, 4.69) is 16.9 Å². The number of aryl methyl sites for hydroxylation is 2. The van der Waals surface area contributed by atoms with Crippen LogP contribution in [0.15, 0.2) is 22.3 Å². The summed E-state index contributed by atoms with van der Waals surface area (Å²) in [7, 11) is 0. The molecule has 0 aliphatic heterocycles. The number of H-pyrrole nitrogens is 1. The standard InChI is InChI=1S/C20H22N2O3S2/c1-11-5-7-14-15(10-11)27-20-17(14)19(24)21-18(22-20)12(2)25-16(23)8-6-13-4-3-9-26-13/h3-4,9,11-12H,5-8,10H2,1-2H3,(H,21,22,24)/t11-,12-/m1/s1. The summed E-state index contributed by atoms with van der Waals surface area (Å²) in [4.78, 5) is 35.4. The van der Waals surface area contributed by atoms with Gasteiger partial charge in [-0.1, -0.05) is 13.0 Å². The number of thiophene rings is 2. The summed E-state index contributed by atoms with van der Waals surface area (Å²) in [5, 5.41) is 2.72. The highest BCUT2D eigenvalue weighted by atomic mass is 32.1. The summed E-state index contributed by atoms with van der Waals surface area (Å²) < 4.78 is 5.50. The van der Waals surface area contributed by atoms with Crippen molar-refractivity contribution in [3.63, 3.8) is 0 Å². The zero-order chi connectivity index (χ0) is 19.0. The molecule has 0 saturated carbocycles. The minimum absolute atomic E-state index is 0.122. The van der Waals surface area contributed by atoms with Crippen molar-refractivity contribution in [2.45, 2.75) is 52.1 Å². The second-order valence-corrected chi connectivity index (χ2v) is 9.31. The molecule has 1 aliphatic rings. The number of esters is 1. The molecule has 2 atom stereocenters. The maximum atomic E-state index is 12.7. The predicted molar refractivity (Wildman–Crippen MR) is 109 cm³/mol. The highest BCUT2D eigenvalue weighted by molar-refractivity contribution is 7.18. The van der Waals surface area contributed by atoms with E-state index in [1.54, 1.807) is 29.6 Å². The van der Waals surface area contributed by atoms with Crippen molar-refractivity contribution in [1.82, 2.24) is 9.97 Å². The summed E-state index contributed by atoms with van der Waals surface area (Å²) in [6.07, 6.45) is 3.48. The van der Waals surface area contributed by atoms with Crippen molar-refractivity contribution in [2.75, 3.05) is 0 Å². The summed E-state index contributed by atoms with van der Waals surface area (Å²) in [5.74, 6) is 0.786. The molecule has 7 heteroatoms.